The zero-order chi connectivity index (χ0) is 6.53. The lowest BCUT2D eigenvalue weighted by Gasteiger charge is -2.19. The molecule has 1 aliphatic carbocycles. The van der Waals surface area contributed by atoms with Crippen molar-refractivity contribution in [3.05, 3.63) is 0 Å². The van der Waals surface area contributed by atoms with E-state index in [0.29, 0.717) is 6.61 Å². The van der Waals surface area contributed by atoms with Gasteiger partial charge >= 0.3 is 0 Å². The summed E-state index contributed by atoms with van der Waals surface area (Å²) < 4.78 is 0. The Morgan fingerprint density at radius 2 is 1.70 bits per heavy atom. The average Bonchev–Trinajstić information content (AvgIpc) is 1.91. The lowest BCUT2D eigenvalue weighted by molar-refractivity contribution is 0.230. The molecule has 4 N–H and O–H groups in total. The minimum absolute atomic E-state index is 0. The van der Waals surface area contributed by atoms with Gasteiger partial charge in [-0.1, -0.05) is 32.1 Å². The summed E-state index contributed by atoms with van der Waals surface area (Å²) in [4.78, 5) is 0. The molecule has 0 spiro atoms. The van der Waals surface area contributed by atoms with Crippen LogP contribution in [0.3, 0.4) is 0 Å². The Balaban J connectivity index is 0.000000810. The molecule has 0 aromatic rings. The zero-order valence-electron chi connectivity index (χ0n) is 6.68. The van der Waals surface area contributed by atoms with Crippen LogP contribution in [0.2, 0.25) is 0 Å². The molecule has 10 heavy (non-hydrogen) atoms. The Morgan fingerprint density at radius 3 is 2.20 bits per heavy atom. The van der Waals surface area contributed by atoms with E-state index in [2.05, 4.69) is 0 Å². The molecule has 0 bridgehead atoms. The van der Waals surface area contributed by atoms with Gasteiger partial charge in [-0.2, -0.15) is 0 Å². The Hall–Kier alpha value is -0.0800. The molecule has 0 heterocycles. The van der Waals surface area contributed by atoms with Crippen molar-refractivity contribution in [2.75, 3.05) is 6.61 Å². The number of aliphatic hydroxyl groups excluding tert-OH is 1. The molecule has 1 saturated carbocycles. The summed E-state index contributed by atoms with van der Waals surface area (Å²) in [6, 6.07) is 0. The molecule has 0 aliphatic heterocycles. The Bertz CT molecular complexity index is 66.9. The van der Waals surface area contributed by atoms with E-state index in [9.17, 15) is 0 Å². The van der Waals surface area contributed by atoms with Crippen LogP contribution >= 0.6 is 0 Å². The molecule has 1 rings (SSSR count). The monoisotopic (exact) mass is 145 g/mol. The first-order valence-electron chi connectivity index (χ1n) is 4.04. The molecule has 2 heteroatoms. The fraction of sp³-hybridized carbons (Fsp3) is 1.00. The first-order chi connectivity index (χ1) is 4.43. The first kappa shape index (κ1) is 9.92. The second kappa shape index (κ2) is 5.69. The smallest absolute Gasteiger partial charge is 0.0433 e. The van der Waals surface area contributed by atoms with Crippen molar-refractivity contribution in [2.45, 2.75) is 38.5 Å². The van der Waals surface area contributed by atoms with Crippen LogP contribution in [0.5, 0.6) is 0 Å². The molecule has 2 nitrogen and oxygen atoms in total. The van der Waals surface area contributed by atoms with Crippen LogP contribution in [0.25, 0.3) is 0 Å². The highest BCUT2D eigenvalue weighted by atomic mass is 16.3. The molecule has 1 fully saturated rings. The second-order valence-electron chi connectivity index (χ2n) is 3.02. The van der Waals surface area contributed by atoms with Gasteiger partial charge in [-0.05, 0) is 12.3 Å². The maximum Gasteiger partial charge on any atom is 0.0433 e. The molecule has 62 valence electrons. The molecule has 0 aromatic heterocycles. The topological polar surface area (TPSA) is 55.2 Å². The fourth-order valence-electron chi connectivity index (χ4n) is 1.66. The fourth-order valence-corrected chi connectivity index (χ4v) is 1.66. The quantitative estimate of drug-likeness (QED) is 0.625. The summed E-state index contributed by atoms with van der Waals surface area (Å²) in [7, 11) is 0. The SMILES string of the molecule is N.OCCC1CCCCC1. The second-order valence-corrected chi connectivity index (χ2v) is 3.02. The van der Waals surface area contributed by atoms with E-state index < -0.39 is 0 Å². The van der Waals surface area contributed by atoms with Crippen molar-refractivity contribution in [1.29, 1.82) is 0 Å². The Kier molecular flexibility index (Phi) is 5.64. The Morgan fingerprint density at radius 1 is 1.10 bits per heavy atom. The number of aliphatic hydroxyl groups is 1. The van der Waals surface area contributed by atoms with Gasteiger partial charge in [-0.25, -0.2) is 0 Å². The van der Waals surface area contributed by atoms with E-state index in [1.165, 1.54) is 32.1 Å². The van der Waals surface area contributed by atoms with Crippen molar-refractivity contribution in [3.8, 4) is 0 Å². The molecule has 0 radical (unpaired) electrons. The van der Waals surface area contributed by atoms with Gasteiger partial charge in [-0.15, -0.1) is 0 Å². The maximum absolute atomic E-state index is 8.62. The third kappa shape index (κ3) is 3.18. The number of hydrogen-bond acceptors (Lipinski definition) is 2. The highest BCUT2D eigenvalue weighted by molar-refractivity contribution is 4.64. The molecule has 0 unspecified atom stereocenters. The molecule has 0 amide bonds. The van der Waals surface area contributed by atoms with Crippen LogP contribution in [0.4, 0.5) is 0 Å². The van der Waals surface area contributed by atoms with Gasteiger partial charge in [0.05, 0.1) is 0 Å². The predicted molar refractivity (Wildman–Crippen MR) is 43.3 cm³/mol. The van der Waals surface area contributed by atoms with Gasteiger partial charge in [0.25, 0.3) is 0 Å². The predicted octanol–water partition coefficient (Wildman–Crippen LogP) is 2.11. The van der Waals surface area contributed by atoms with Crippen LogP contribution in [0, 0.1) is 5.92 Å². The standard InChI is InChI=1S/C8H16O.H3N/c9-7-6-8-4-2-1-3-5-8;/h8-9H,1-7H2;1H3. The van der Waals surface area contributed by atoms with Crippen molar-refractivity contribution >= 4 is 0 Å². The van der Waals surface area contributed by atoms with Crippen LogP contribution in [0.15, 0.2) is 0 Å². The zero-order valence-corrected chi connectivity index (χ0v) is 6.68. The van der Waals surface area contributed by atoms with E-state index in [-0.39, 0.29) is 6.15 Å². The van der Waals surface area contributed by atoms with Gasteiger partial charge in [-0.3, -0.25) is 0 Å². The van der Waals surface area contributed by atoms with E-state index in [0.717, 1.165) is 12.3 Å². The summed E-state index contributed by atoms with van der Waals surface area (Å²) in [6.45, 7) is 0.394. The van der Waals surface area contributed by atoms with Crippen LogP contribution in [-0.2, 0) is 0 Å². The van der Waals surface area contributed by atoms with Crippen molar-refractivity contribution in [2.24, 2.45) is 5.92 Å². The minimum atomic E-state index is 0. The van der Waals surface area contributed by atoms with Crippen LogP contribution in [0.1, 0.15) is 38.5 Å². The molecule has 0 aromatic carbocycles. The summed E-state index contributed by atoms with van der Waals surface area (Å²) in [6.07, 6.45) is 7.97. The highest BCUT2D eigenvalue weighted by Crippen LogP contribution is 2.25. The largest absolute Gasteiger partial charge is 0.396 e. The van der Waals surface area contributed by atoms with Crippen LogP contribution < -0.4 is 6.15 Å². The third-order valence-corrected chi connectivity index (χ3v) is 2.26. The van der Waals surface area contributed by atoms with Crippen molar-refractivity contribution < 1.29 is 5.11 Å². The maximum atomic E-state index is 8.62. The summed E-state index contributed by atoms with van der Waals surface area (Å²) >= 11 is 0. The van der Waals surface area contributed by atoms with Crippen molar-refractivity contribution in [1.82, 2.24) is 6.15 Å². The number of rotatable bonds is 2. The molecular weight excluding hydrogens is 126 g/mol. The van der Waals surface area contributed by atoms with Gasteiger partial charge < -0.3 is 11.3 Å². The summed E-state index contributed by atoms with van der Waals surface area (Å²) in [5.74, 6) is 0.851. The average molecular weight is 145 g/mol. The lowest BCUT2D eigenvalue weighted by Crippen LogP contribution is -2.07. The highest BCUT2D eigenvalue weighted by Gasteiger charge is 2.11. The van der Waals surface area contributed by atoms with E-state index in [4.69, 9.17) is 5.11 Å². The minimum Gasteiger partial charge on any atom is -0.396 e. The van der Waals surface area contributed by atoms with Gasteiger partial charge in [0.1, 0.15) is 0 Å². The first-order valence-corrected chi connectivity index (χ1v) is 4.04. The molecule has 0 saturated heterocycles. The Labute approximate surface area is 63.2 Å². The normalized spacial score (nSPS) is 20.1. The van der Waals surface area contributed by atoms with Gasteiger partial charge in [0.15, 0.2) is 0 Å². The lowest BCUT2D eigenvalue weighted by atomic mass is 9.87. The van der Waals surface area contributed by atoms with Gasteiger partial charge in [0.2, 0.25) is 0 Å². The van der Waals surface area contributed by atoms with E-state index in [1.54, 1.807) is 0 Å². The van der Waals surface area contributed by atoms with Crippen molar-refractivity contribution in [3.63, 3.8) is 0 Å². The molecule has 0 atom stereocenters. The van der Waals surface area contributed by atoms with E-state index >= 15 is 0 Å². The third-order valence-electron chi connectivity index (χ3n) is 2.26. The molecular formula is C8H19NO. The number of hydrogen-bond donors (Lipinski definition) is 2. The molecule has 1 aliphatic rings. The van der Waals surface area contributed by atoms with Crippen LogP contribution in [-0.4, -0.2) is 11.7 Å². The summed E-state index contributed by atoms with van der Waals surface area (Å²) in [5.41, 5.74) is 0. The van der Waals surface area contributed by atoms with E-state index in [1.807, 2.05) is 0 Å². The van der Waals surface area contributed by atoms with Gasteiger partial charge in [0, 0.05) is 6.61 Å². The summed E-state index contributed by atoms with van der Waals surface area (Å²) in [5, 5.41) is 8.62.